The van der Waals surface area contributed by atoms with Gasteiger partial charge in [0.25, 0.3) is 0 Å². The first-order chi connectivity index (χ1) is 14.4. The van der Waals surface area contributed by atoms with E-state index in [-0.39, 0.29) is 0 Å². The number of pyridine rings is 3. The van der Waals surface area contributed by atoms with Crippen molar-refractivity contribution in [1.29, 1.82) is 0 Å². The number of H-pyrrole nitrogens is 2. The number of fused-ring (bicyclic) bond motifs is 2. The first-order valence-electron chi connectivity index (χ1n) is 9.13. The van der Waals surface area contributed by atoms with Crippen molar-refractivity contribution in [2.75, 3.05) is 0 Å². The van der Waals surface area contributed by atoms with Crippen molar-refractivity contribution in [2.24, 2.45) is 0 Å². The zero-order chi connectivity index (χ0) is 19.2. The summed E-state index contributed by atoms with van der Waals surface area (Å²) in [6, 6.07) is 13.8. The molecule has 6 aromatic heterocycles. The lowest BCUT2D eigenvalue weighted by atomic mass is 10.1. The number of nitrogens with one attached hydrogen (secondary N) is 2. The van der Waals surface area contributed by atoms with Gasteiger partial charge in [0.15, 0.2) is 5.65 Å². The van der Waals surface area contributed by atoms with Gasteiger partial charge >= 0.3 is 0 Å². The predicted molar refractivity (Wildman–Crippen MR) is 110 cm³/mol. The molecule has 0 radical (unpaired) electrons. The van der Waals surface area contributed by atoms with Gasteiger partial charge in [-0.15, -0.1) is 0 Å². The Hall–Kier alpha value is -4.26. The molecule has 0 unspecified atom stereocenters. The van der Waals surface area contributed by atoms with Crippen LogP contribution in [0.3, 0.4) is 0 Å². The summed E-state index contributed by atoms with van der Waals surface area (Å²) in [5.74, 6) is 0. The average molecular weight is 378 g/mol. The molecule has 0 aliphatic heterocycles. The second kappa shape index (κ2) is 6.13. The quantitative estimate of drug-likeness (QED) is 0.460. The second-order valence-corrected chi connectivity index (χ2v) is 6.72. The number of furan rings is 1. The minimum atomic E-state index is 0.659. The van der Waals surface area contributed by atoms with Crippen molar-refractivity contribution in [3.63, 3.8) is 0 Å². The van der Waals surface area contributed by atoms with Crippen molar-refractivity contribution >= 4 is 21.9 Å². The zero-order valence-corrected chi connectivity index (χ0v) is 15.1. The molecule has 0 aliphatic carbocycles. The number of aromatic amines is 2. The molecular formula is C22H14N6O. The topological polar surface area (TPSA) is 96.3 Å². The van der Waals surface area contributed by atoms with Crippen molar-refractivity contribution in [2.45, 2.75) is 0 Å². The number of hydrogen-bond acceptors (Lipinski definition) is 5. The molecule has 2 N–H and O–H groups in total. The Kier molecular flexibility index (Phi) is 3.33. The summed E-state index contributed by atoms with van der Waals surface area (Å²) in [5, 5.41) is 9.43. The van der Waals surface area contributed by atoms with Crippen LogP contribution in [-0.4, -0.2) is 30.1 Å². The van der Waals surface area contributed by atoms with Crippen LogP contribution in [0.1, 0.15) is 0 Å². The Bertz CT molecular complexity index is 1450. The maximum atomic E-state index is 5.23. The monoisotopic (exact) mass is 378 g/mol. The van der Waals surface area contributed by atoms with E-state index < -0.39 is 0 Å². The van der Waals surface area contributed by atoms with Gasteiger partial charge in [-0.2, -0.15) is 5.10 Å². The molecule has 0 aliphatic rings. The highest BCUT2D eigenvalue weighted by molar-refractivity contribution is 5.99. The van der Waals surface area contributed by atoms with Crippen LogP contribution in [0.25, 0.3) is 55.8 Å². The minimum Gasteiger partial charge on any atom is -0.472 e. The molecule has 0 amide bonds. The van der Waals surface area contributed by atoms with Gasteiger partial charge in [0.2, 0.25) is 0 Å². The van der Waals surface area contributed by atoms with E-state index in [0.29, 0.717) is 5.65 Å². The smallest absolute Gasteiger partial charge is 0.181 e. The van der Waals surface area contributed by atoms with Gasteiger partial charge in [-0.25, -0.2) is 4.98 Å². The number of nitrogens with zero attached hydrogens (tertiary/aromatic N) is 4. The largest absolute Gasteiger partial charge is 0.472 e. The van der Waals surface area contributed by atoms with E-state index in [1.54, 1.807) is 31.1 Å². The van der Waals surface area contributed by atoms with Crippen LogP contribution in [0.4, 0.5) is 0 Å². The van der Waals surface area contributed by atoms with Crippen molar-refractivity contribution in [3.8, 4) is 33.9 Å². The van der Waals surface area contributed by atoms with Crippen LogP contribution in [0.5, 0.6) is 0 Å². The molecule has 0 atom stereocenters. The molecule has 29 heavy (non-hydrogen) atoms. The van der Waals surface area contributed by atoms with Crippen LogP contribution >= 0.6 is 0 Å². The normalized spacial score (nSPS) is 11.4. The molecule has 6 aromatic rings. The number of hydrogen-bond donors (Lipinski definition) is 2. The van der Waals surface area contributed by atoms with E-state index in [4.69, 9.17) is 4.42 Å². The minimum absolute atomic E-state index is 0.659. The Balaban J connectivity index is 1.53. The van der Waals surface area contributed by atoms with Crippen LogP contribution in [0.15, 0.2) is 78.0 Å². The van der Waals surface area contributed by atoms with Crippen molar-refractivity contribution in [3.05, 3.63) is 73.6 Å². The Labute approximate surface area is 164 Å². The molecule has 0 spiro atoms. The highest BCUT2D eigenvalue weighted by atomic mass is 16.3. The van der Waals surface area contributed by atoms with Gasteiger partial charge in [-0.3, -0.25) is 15.1 Å². The first kappa shape index (κ1) is 15.8. The lowest BCUT2D eigenvalue weighted by molar-refractivity contribution is 0.568. The summed E-state index contributed by atoms with van der Waals surface area (Å²) in [6.07, 6.45) is 8.70. The first-order valence-corrected chi connectivity index (χ1v) is 9.13. The standard InChI is InChI=1S/C22H14N6O/c1-2-6-23-17(3-1)14-9-16-21(27-28-22(16)25-11-14)19-10-15-18(26-19)4-7-24-20(15)13-5-8-29-12-13/h1-12,26H,(H,25,27,28). The Morgan fingerprint density at radius 1 is 0.862 bits per heavy atom. The summed E-state index contributed by atoms with van der Waals surface area (Å²) in [5.41, 5.74) is 7.06. The molecule has 0 bridgehead atoms. The molecule has 0 fully saturated rings. The third-order valence-electron chi connectivity index (χ3n) is 4.98. The van der Waals surface area contributed by atoms with Gasteiger partial charge < -0.3 is 9.40 Å². The van der Waals surface area contributed by atoms with Gasteiger partial charge in [0.1, 0.15) is 0 Å². The molecule has 138 valence electrons. The highest BCUT2D eigenvalue weighted by Crippen LogP contribution is 2.33. The summed E-state index contributed by atoms with van der Waals surface area (Å²) in [7, 11) is 0. The van der Waals surface area contributed by atoms with Crippen LogP contribution in [-0.2, 0) is 0 Å². The Morgan fingerprint density at radius 3 is 2.72 bits per heavy atom. The fraction of sp³-hybridized carbons (Fsp3) is 0. The SMILES string of the molecule is c1ccc(-c2cnc3n[nH]c(-c4cc5c(-c6ccoc6)nccc5[nH]4)c3c2)nc1. The maximum absolute atomic E-state index is 5.23. The fourth-order valence-corrected chi connectivity index (χ4v) is 3.60. The molecule has 6 rings (SSSR count). The van der Waals surface area contributed by atoms with E-state index in [0.717, 1.165) is 50.2 Å². The van der Waals surface area contributed by atoms with Gasteiger partial charge in [0, 0.05) is 46.0 Å². The van der Waals surface area contributed by atoms with E-state index in [1.807, 2.05) is 30.3 Å². The fourth-order valence-electron chi connectivity index (χ4n) is 3.60. The predicted octanol–water partition coefficient (Wildman–Crippen LogP) is 4.82. The molecule has 6 heterocycles. The van der Waals surface area contributed by atoms with E-state index in [2.05, 4.69) is 42.3 Å². The van der Waals surface area contributed by atoms with Crippen molar-refractivity contribution < 1.29 is 4.42 Å². The third kappa shape index (κ3) is 2.52. The Morgan fingerprint density at radius 2 is 1.86 bits per heavy atom. The van der Waals surface area contributed by atoms with Crippen LogP contribution in [0.2, 0.25) is 0 Å². The molecule has 7 heteroatoms. The second-order valence-electron chi connectivity index (χ2n) is 6.72. The van der Waals surface area contributed by atoms with Gasteiger partial charge in [0.05, 0.1) is 35.3 Å². The lowest BCUT2D eigenvalue weighted by Crippen LogP contribution is -1.85. The lowest BCUT2D eigenvalue weighted by Gasteiger charge is -2.00. The molecular weight excluding hydrogens is 364 g/mol. The van der Waals surface area contributed by atoms with E-state index in [9.17, 15) is 0 Å². The number of aromatic nitrogens is 6. The molecule has 0 saturated carbocycles. The molecule has 7 nitrogen and oxygen atoms in total. The maximum Gasteiger partial charge on any atom is 0.181 e. The molecule has 0 aromatic carbocycles. The third-order valence-corrected chi connectivity index (χ3v) is 4.98. The zero-order valence-electron chi connectivity index (χ0n) is 15.1. The summed E-state index contributed by atoms with van der Waals surface area (Å²) in [4.78, 5) is 16.9. The van der Waals surface area contributed by atoms with Crippen LogP contribution < -0.4 is 0 Å². The average Bonchev–Trinajstić information content (AvgIpc) is 3.52. The highest BCUT2D eigenvalue weighted by Gasteiger charge is 2.15. The summed E-state index contributed by atoms with van der Waals surface area (Å²) < 4.78 is 5.23. The van der Waals surface area contributed by atoms with E-state index in [1.165, 1.54) is 0 Å². The van der Waals surface area contributed by atoms with Gasteiger partial charge in [-0.05, 0) is 36.4 Å². The van der Waals surface area contributed by atoms with Crippen LogP contribution in [0, 0.1) is 0 Å². The molecule has 0 saturated heterocycles. The van der Waals surface area contributed by atoms with E-state index >= 15 is 0 Å². The summed E-state index contributed by atoms with van der Waals surface area (Å²) >= 11 is 0. The number of rotatable bonds is 3. The van der Waals surface area contributed by atoms with Crippen molar-refractivity contribution in [1.82, 2.24) is 30.1 Å². The summed E-state index contributed by atoms with van der Waals surface area (Å²) in [6.45, 7) is 0. The van der Waals surface area contributed by atoms with Gasteiger partial charge in [-0.1, -0.05) is 6.07 Å².